The fraction of sp³-hybridized carbons (Fsp3) is 0.607. The predicted molar refractivity (Wildman–Crippen MR) is 128 cm³/mol. The molecule has 5 rings (SSSR count). The van der Waals surface area contributed by atoms with E-state index in [1.54, 1.807) is 5.57 Å². The molecule has 3 N–H and O–H groups in total. The minimum atomic E-state index is -0.710. The van der Waals surface area contributed by atoms with Crippen LogP contribution >= 0.6 is 0 Å². The van der Waals surface area contributed by atoms with Crippen molar-refractivity contribution < 1.29 is 15.0 Å². The van der Waals surface area contributed by atoms with E-state index in [2.05, 4.69) is 36.5 Å². The molecule has 5 atom stereocenters. The van der Waals surface area contributed by atoms with Crippen LogP contribution in [0.4, 0.5) is 5.69 Å². The normalized spacial score (nSPS) is 36.3. The quantitative estimate of drug-likeness (QED) is 0.600. The Morgan fingerprint density at radius 2 is 1.91 bits per heavy atom. The van der Waals surface area contributed by atoms with Crippen LogP contribution in [-0.4, -0.2) is 35.3 Å². The number of fused-ring (bicyclic) bond motifs is 4. The highest BCUT2D eigenvalue weighted by molar-refractivity contribution is 5.93. The molecule has 172 valence electrons. The summed E-state index contributed by atoms with van der Waals surface area (Å²) in [6.45, 7) is 2.47. The molecule has 4 heteroatoms. The Balaban J connectivity index is 1.63. The van der Waals surface area contributed by atoms with Gasteiger partial charge in [0.15, 0.2) is 5.78 Å². The summed E-state index contributed by atoms with van der Waals surface area (Å²) in [6, 6.07) is 8.80. The second-order valence-electron chi connectivity index (χ2n) is 10.8. The predicted octanol–water partition coefficient (Wildman–Crippen LogP) is 5.13. The largest absolute Gasteiger partial charge is 0.396 e. The highest BCUT2D eigenvalue weighted by Gasteiger charge is 2.62. The van der Waals surface area contributed by atoms with E-state index >= 15 is 0 Å². The van der Waals surface area contributed by atoms with Gasteiger partial charge in [0.2, 0.25) is 0 Å². The fourth-order valence-electron chi connectivity index (χ4n) is 7.72. The molecule has 0 aliphatic heterocycles. The summed E-state index contributed by atoms with van der Waals surface area (Å²) in [6.07, 6.45) is 9.67. The Morgan fingerprint density at radius 1 is 1.12 bits per heavy atom. The third-order valence-electron chi connectivity index (χ3n) is 9.41. The Hall–Kier alpha value is -1.91. The summed E-state index contributed by atoms with van der Waals surface area (Å²) in [5, 5.41) is 24.6. The van der Waals surface area contributed by atoms with E-state index in [0.717, 1.165) is 44.2 Å². The summed E-state index contributed by atoms with van der Waals surface area (Å²) < 4.78 is 0. The Kier molecular flexibility index (Phi) is 5.58. The molecule has 0 spiro atoms. The van der Waals surface area contributed by atoms with Crippen molar-refractivity contribution in [2.24, 2.45) is 17.3 Å². The molecule has 0 amide bonds. The van der Waals surface area contributed by atoms with Crippen LogP contribution in [0.5, 0.6) is 0 Å². The summed E-state index contributed by atoms with van der Waals surface area (Å²) in [4.78, 5) is 12.2. The first-order valence-electron chi connectivity index (χ1n) is 12.5. The first kappa shape index (κ1) is 21.9. The van der Waals surface area contributed by atoms with Crippen LogP contribution in [-0.2, 0) is 4.79 Å². The van der Waals surface area contributed by atoms with E-state index in [0.29, 0.717) is 31.1 Å². The Labute approximate surface area is 191 Å². The monoisotopic (exact) mass is 435 g/mol. The number of benzene rings is 1. The minimum absolute atomic E-state index is 0.138. The van der Waals surface area contributed by atoms with E-state index < -0.39 is 5.60 Å². The Bertz CT molecular complexity index is 961. The van der Waals surface area contributed by atoms with Crippen LogP contribution in [0.15, 0.2) is 47.1 Å². The van der Waals surface area contributed by atoms with Gasteiger partial charge in [-0.1, -0.05) is 24.6 Å². The van der Waals surface area contributed by atoms with Gasteiger partial charge in [-0.25, -0.2) is 0 Å². The second-order valence-corrected chi connectivity index (χ2v) is 10.8. The highest BCUT2D eigenvalue weighted by atomic mass is 16.3. The van der Waals surface area contributed by atoms with Crippen molar-refractivity contribution in [1.82, 2.24) is 0 Å². The van der Waals surface area contributed by atoms with Crippen molar-refractivity contribution in [3.8, 4) is 0 Å². The molecule has 0 heterocycles. The molecule has 32 heavy (non-hydrogen) atoms. The number of rotatable bonds is 5. The summed E-state index contributed by atoms with van der Waals surface area (Å²) in [7, 11) is 1.94. The molecule has 1 aromatic rings. The number of carbonyl (C=O) groups excluding carboxylic acids is 1. The van der Waals surface area contributed by atoms with Gasteiger partial charge in [0.05, 0.1) is 5.60 Å². The number of aliphatic hydroxyl groups excluding tert-OH is 1. The van der Waals surface area contributed by atoms with Gasteiger partial charge in [0.1, 0.15) is 0 Å². The zero-order chi connectivity index (χ0) is 22.5. The van der Waals surface area contributed by atoms with E-state index in [1.165, 1.54) is 16.7 Å². The van der Waals surface area contributed by atoms with Crippen molar-refractivity contribution in [2.45, 2.75) is 76.2 Å². The van der Waals surface area contributed by atoms with E-state index in [-0.39, 0.29) is 23.7 Å². The van der Waals surface area contributed by atoms with Crippen LogP contribution in [0.1, 0.15) is 76.2 Å². The van der Waals surface area contributed by atoms with Gasteiger partial charge in [-0.15, -0.1) is 0 Å². The standard InChI is InChI=1S/C28H37NO3/c1-27-17-24(18-4-7-20(29-2)8-5-18)26-22-11-9-21(31)16-19(22)6-10-23(26)25(27)12-14-28(27,32)13-3-15-30/h4-5,7-8,16,23-25,29-30,32H,3,6,9-15,17H2,1-2H3/t23-,24+,25-,27+,28?/m0/s1. The van der Waals surface area contributed by atoms with Gasteiger partial charge >= 0.3 is 0 Å². The third-order valence-corrected chi connectivity index (χ3v) is 9.41. The summed E-state index contributed by atoms with van der Waals surface area (Å²) >= 11 is 0. The van der Waals surface area contributed by atoms with Gasteiger partial charge in [0.25, 0.3) is 0 Å². The second kappa shape index (κ2) is 8.14. The number of hydrogen-bond acceptors (Lipinski definition) is 4. The smallest absolute Gasteiger partial charge is 0.156 e. The van der Waals surface area contributed by atoms with Crippen LogP contribution in [0.3, 0.4) is 0 Å². The average Bonchev–Trinajstić information content (AvgIpc) is 3.07. The molecule has 4 nitrogen and oxygen atoms in total. The number of allylic oxidation sites excluding steroid dienone is 4. The van der Waals surface area contributed by atoms with Gasteiger partial charge in [-0.3, -0.25) is 4.79 Å². The zero-order valence-corrected chi connectivity index (χ0v) is 19.5. The average molecular weight is 436 g/mol. The minimum Gasteiger partial charge on any atom is -0.396 e. The highest BCUT2D eigenvalue weighted by Crippen LogP contribution is 2.67. The van der Waals surface area contributed by atoms with Crippen LogP contribution in [0.25, 0.3) is 0 Å². The molecule has 0 saturated heterocycles. The number of hydrogen-bond donors (Lipinski definition) is 3. The molecule has 0 aromatic heterocycles. The van der Waals surface area contributed by atoms with Gasteiger partial charge in [0, 0.05) is 37.1 Å². The maximum Gasteiger partial charge on any atom is 0.156 e. The molecule has 4 aliphatic carbocycles. The van der Waals surface area contributed by atoms with E-state index in [9.17, 15) is 15.0 Å². The summed E-state index contributed by atoms with van der Waals surface area (Å²) in [5.41, 5.74) is 5.87. The number of ketones is 1. The van der Waals surface area contributed by atoms with Crippen molar-refractivity contribution in [1.29, 1.82) is 0 Å². The zero-order valence-electron chi connectivity index (χ0n) is 19.5. The van der Waals surface area contributed by atoms with Crippen molar-refractivity contribution in [2.75, 3.05) is 19.0 Å². The summed E-state index contributed by atoms with van der Waals surface area (Å²) in [5.74, 6) is 1.50. The number of carbonyl (C=O) groups is 1. The van der Waals surface area contributed by atoms with Crippen LogP contribution < -0.4 is 5.32 Å². The van der Waals surface area contributed by atoms with Crippen molar-refractivity contribution >= 4 is 11.5 Å². The lowest BCUT2D eigenvalue weighted by molar-refractivity contribution is -0.114. The molecule has 0 bridgehead atoms. The molecule has 1 unspecified atom stereocenters. The molecule has 1 aromatic carbocycles. The number of nitrogens with one attached hydrogen (secondary N) is 1. The lowest BCUT2D eigenvalue weighted by Crippen LogP contribution is -2.51. The van der Waals surface area contributed by atoms with Crippen molar-refractivity contribution in [3.05, 3.63) is 52.6 Å². The van der Waals surface area contributed by atoms with Gasteiger partial charge < -0.3 is 15.5 Å². The van der Waals surface area contributed by atoms with Gasteiger partial charge in [-0.05, 0) is 98.1 Å². The SMILES string of the molecule is CNc1ccc([C@H]2C[C@]3(C)[C@@H](CCC3(O)CCCO)[C@@H]3CCC4=CC(=O)CCC4=C32)cc1. The maximum atomic E-state index is 12.2. The number of aliphatic hydroxyl groups is 2. The number of anilines is 1. The molecule has 0 radical (unpaired) electrons. The van der Waals surface area contributed by atoms with Crippen molar-refractivity contribution in [3.63, 3.8) is 0 Å². The Morgan fingerprint density at radius 3 is 2.62 bits per heavy atom. The lowest BCUT2D eigenvalue weighted by atomic mass is 9.51. The van der Waals surface area contributed by atoms with Gasteiger partial charge in [-0.2, -0.15) is 0 Å². The molecule has 4 aliphatic rings. The molecular formula is C28H37NO3. The van der Waals surface area contributed by atoms with Crippen LogP contribution in [0, 0.1) is 17.3 Å². The topological polar surface area (TPSA) is 69.6 Å². The molecule has 2 saturated carbocycles. The first-order chi connectivity index (χ1) is 15.4. The van der Waals surface area contributed by atoms with E-state index in [4.69, 9.17) is 0 Å². The first-order valence-corrected chi connectivity index (χ1v) is 12.5. The molecule has 2 fully saturated rings. The van der Waals surface area contributed by atoms with Crippen LogP contribution in [0.2, 0.25) is 0 Å². The fourth-order valence-corrected chi connectivity index (χ4v) is 7.72. The maximum absolute atomic E-state index is 12.2. The molecular weight excluding hydrogens is 398 g/mol. The van der Waals surface area contributed by atoms with E-state index in [1.807, 2.05) is 13.1 Å². The third kappa shape index (κ3) is 3.30. The lowest BCUT2D eigenvalue weighted by Gasteiger charge is -2.55.